The van der Waals surface area contributed by atoms with Crippen molar-refractivity contribution in [3.63, 3.8) is 0 Å². The number of aryl methyl sites for hydroxylation is 4. The van der Waals surface area contributed by atoms with Gasteiger partial charge in [-0.25, -0.2) is 29.4 Å². The lowest BCUT2D eigenvalue weighted by molar-refractivity contribution is -0.130. The van der Waals surface area contributed by atoms with E-state index in [0.29, 0.717) is 54.4 Å². The number of carbonyl (C=O) groups excluding carboxylic acids is 4. The van der Waals surface area contributed by atoms with E-state index in [9.17, 15) is 19.2 Å². The second-order valence-corrected chi connectivity index (χ2v) is 26.4. The van der Waals surface area contributed by atoms with Crippen molar-refractivity contribution in [2.24, 2.45) is 0 Å². The molecule has 20 nitrogen and oxygen atoms in total. The van der Waals surface area contributed by atoms with Gasteiger partial charge in [-0.1, -0.05) is 144 Å². The first-order valence-electron chi connectivity index (χ1n) is 31.4. The number of rotatable bonds is 26. The topological polar surface area (TPSA) is 270 Å². The minimum atomic E-state index is -1.40. The van der Waals surface area contributed by atoms with Crippen LogP contribution < -0.4 is 14.9 Å². The van der Waals surface area contributed by atoms with Gasteiger partial charge in [0.1, 0.15) is 55.5 Å². The maximum Gasteiger partial charge on any atom is 0.488 e. The molecule has 12 rings (SSSR count). The molecule has 2 aliphatic rings. The van der Waals surface area contributed by atoms with Crippen molar-refractivity contribution in [3.05, 3.63) is 252 Å². The molecule has 96 heavy (non-hydrogen) atoms. The van der Waals surface area contributed by atoms with Crippen LogP contribution in [0.2, 0.25) is 0 Å². The van der Waals surface area contributed by atoms with Crippen molar-refractivity contribution in [1.82, 2.24) is 30.1 Å². The number of aromatic nitrogens is 4. The Bertz CT molecular complexity index is 4070. The minimum Gasteiger partial charge on any atom is -0.488 e. The van der Waals surface area contributed by atoms with Gasteiger partial charge in [-0.05, 0) is 131 Å². The number of hydrogen-bond donors (Lipinski definition) is 4. The zero-order valence-corrected chi connectivity index (χ0v) is 56.1. The van der Waals surface area contributed by atoms with Crippen molar-refractivity contribution in [3.8, 4) is 22.1 Å². The summed E-state index contributed by atoms with van der Waals surface area (Å²) in [5.41, 5.74) is 10.7. The van der Waals surface area contributed by atoms with E-state index in [1.807, 2.05) is 135 Å². The molecule has 2 aliphatic heterocycles. The van der Waals surface area contributed by atoms with Gasteiger partial charge in [0.15, 0.2) is 3.92 Å². The van der Waals surface area contributed by atoms with Crippen LogP contribution in [0.4, 0.5) is 9.59 Å². The van der Waals surface area contributed by atoms with Crippen LogP contribution in [-0.4, -0.2) is 120 Å². The highest BCUT2D eigenvalue weighted by Gasteiger charge is 2.41. The molecule has 4 amide bonds. The molecule has 496 valence electrons. The Morgan fingerprint density at radius 2 is 1.01 bits per heavy atom. The van der Waals surface area contributed by atoms with Crippen LogP contribution in [0.25, 0.3) is 10.6 Å². The van der Waals surface area contributed by atoms with E-state index in [0.717, 1.165) is 89.1 Å². The van der Waals surface area contributed by atoms with Gasteiger partial charge in [0.05, 0.1) is 44.6 Å². The highest BCUT2D eigenvalue weighted by Crippen LogP contribution is 2.35. The average Bonchev–Trinajstić information content (AvgIpc) is 1.51. The molecule has 2 saturated heterocycles. The van der Waals surface area contributed by atoms with E-state index < -0.39 is 31.1 Å². The Morgan fingerprint density at radius 1 is 0.573 bits per heavy atom. The standard InChI is InChI=1S/C36H35N3O6S.C27H24BrN3O5S.C9H13BO3/c1-24-33(46-35(37-24)28-11-9-25(10-12-28)8-5-18-40)23-43-30-15-13-27(14-16-30)31(32-17-19-45-38-32)21-34(41)39-29(22-44-36(39)42)20-26-6-3-2-4-7-26;1-17-24(37-26(28)29-17)16-34-21-9-7-19(8-10-21)22(23-11-12-36-30-23)14-25(32)31-20(15-35-27(31)33)13-18-5-3-2-4-6-18;11-7-1-2-8-3-5-9(6-4-8)10(12)13/h2-4,6-7,9-17,19,29,31,40H,5,8,18,20-23H2,1H3;2-12,20,22H,13-16H2,1H3;3-6,11-13H,1-2,7H2/t29-,31-;20-,22-;/m00./s1. The molecule has 0 saturated carbocycles. The van der Waals surface area contributed by atoms with Crippen molar-refractivity contribution < 1.29 is 67.4 Å². The molecule has 6 heterocycles. The summed E-state index contributed by atoms with van der Waals surface area (Å²) in [6, 6.07) is 52.7. The Balaban J connectivity index is 0.000000179. The summed E-state index contributed by atoms with van der Waals surface area (Å²) in [5, 5.41) is 44.4. The number of thiazole rings is 2. The molecule has 4 N–H and O–H groups in total. The first kappa shape index (κ1) is 69.7. The molecule has 24 heteroatoms. The van der Waals surface area contributed by atoms with Gasteiger partial charge in [0.25, 0.3) is 0 Å². The van der Waals surface area contributed by atoms with Crippen molar-refractivity contribution in [2.45, 2.75) is 102 Å². The van der Waals surface area contributed by atoms with E-state index in [1.165, 1.54) is 27.9 Å². The van der Waals surface area contributed by atoms with E-state index in [4.69, 9.17) is 53.2 Å². The number of aliphatic hydroxyl groups is 2. The third-order valence-electron chi connectivity index (χ3n) is 16.3. The molecule has 0 spiro atoms. The molecular weight excluding hydrogens is 1330 g/mol. The molecular formula is C72H72BBrN6O14S2. The monoisotopic (exact) mass is 1400 g/mol. The predicted molar refractivity (Wildman–Crippen MR) is 366 cm³/mol. The van der Waals surface area contributed by atoms with Crippen molar-refractivity contribution in [1.29, 1.82) is 0 Å². The smallest absolute Gasteiger partial charge is 0.488 e. The van der Waals surface area contributed by atoms with Crippen LogP contribution in [-0.2, 0) is 58.0 Å². The lowest BCUT2D eigenvalue weighted by atomic mass is 9.80. The molecule has 0 unspecified atom stereocenters. The predicted octanol–water partition coefficient (Wildman–Crippen LogP) is 11.9. The van der Waals surface area contributed by atoms with Crippen LogP contribution in [0.3, 0.4) is 0 Å². The molecule has 4 aromatic heterocycles. The summed E-state index contributed by atoms with van der Waals surface area (Å²) in [6.45, 7) is 5.44. The lowest BCUT2D eigenvalue weighted by Gasteiger charge is -2.22. The zero-order valence-electron chi connectivity index (χ0n) is 52.9. The van der Waals surface area contributed by atoms with Crippen LogP contribution >= 0.6 is 38.6 Å². The van der Waals surface area contributed by atoms with Gasteiger partial charge in [-0.15, -0.1) is 22.7 Å². The minimum absolute atomic E-state index is 0.0262. The summed E-state index contributed by atoms with van der Waals surface area (Å²) >= 11 is 6.55. The maximum atomic E-state index is 13.6. The van der Waals surface area contributed by atoms with E-state index >= 15 is 0 Å². The Morgan fingerprint density at radius 3 is 1.42 bits per heavy atom. The lowest BCUT2D eigenvalue weighted by Crippen LogP contribution is -2.40. The summed E-state index contributed by atoms with van der Waals surface area (Å²) in [7, 11) is -1.40. The molecule has 2 fully saturated rings. The van der Waals surface area contributed by atoms with Gasteiger partial charge in [0.2, 0.25) is 11.8 Å². The molecule has 4 atom stereocenters. The summed E-state index contributed by atoms with van der Waals surface area (Å²) in [5.74, 6) is -0.0826. The van der Waals surface area contributed by atoms with Gasteiger partial charge >= 0.3 is 19.3 Å². The van der Waals surface area contributed by atoms with E-state index in [-0.39, 0.29) is 63.2 Å². The summed E-state index contributed by atoms with van der Waals surface area (Å²) in [4.78, 5) is 65.8. The number of amides is 4. The molecule has 6 aromatic carbocycles. The van der Waals surface area contributed by atoms with Crippen molar-refractivity contribution >= 4 is 75.2 Å². The quantitative estimate of drug-likeness (QED) is 0.0367. The number of benzene rings is 6. The fourth-order valence-electron chi connectivity index (χ4n) is 11.1. The second kappa shape index (κ2) is 34.5. The van der Waals surface area contributed by atoms with Gasteiger partial charge < -0.3 is 48.3 Å². The number of ether oxygens (including phenoxy) is 4. The summed E-state index contributed by atoms with van der Waals surface area (Å²) in [6.07, 6.45) is 6.01. The van der Waals surface area contributed by atoms with E-state index in [2.05, 4.69) is 55.5 Å². The number of cyclic esters (lactones) is 2. The van der Waals surface area contributed by atoms with Crippen molar-refractivity contribution in [2.75, 3.05) is 26.4 Å². The Labute approximate surface area is 572 Å². The summed E-state index contributed by atoms with van der Waals surface area (Å²) < 4.78 is 33.6. The van der Waals surface area contributed by atoms with Gasteiger partial charge in [-0.3, -0.25) is 9.59 Å². The van der Waals surface area contributed by atoms with Crippen LogP contribution in [0.15, 0.2) is 195 Å². The zero-order chi connectivity index (χ0) is 67.3. The number of carbonyl (C=O) groups is 4. The molecule has 0 radical (unpaired) electrons. The molecule has 0 aliphatic carbocycles. The maximum absolute atomic E-state index is 13.6. The number of hydrogen-bond acceptors (Lipinski definition) is 20. The Hall–Kier alpha value is -9.14. The number of imide groups is 2. The largest absolute Gasteiger partial charge is 0.488 e. The SMILES string of the molecule is Cc1nc(-c2ccc(CCCO)cc2)sc1COc1ccc([C@H](CC(=O)N2C(=O)OC[C@@H]2Cc2ccccc2)c2ccon2)cc1.Cc1nc(Br)sc1COc1ccc([C@H](CC(=O)N2C(=O)OC[C@@H]2Cc2ccccc2)c2ccon2)cc1.OCCCc1ccc(B(O)O)cc1. The molecule has 0 bridgehead atoms. The van der Waals surface area contributed by atoms with Gasteiger partial charge in [0, 0.05) is 55.6 Å². The Kier molecular flexibility index (Phi) is 25.1. The average molecular weight is 1400 g/mol. The molecule has 10 aromatic rings. The van der Waals surface area contributed by atoms with Crippen LogP contribution in [0.1, 0.15) is 103 Å². The number of aliphatic hydroxyl groups excluding tert-OH is 2. The fourth-order valence-corrected chi connectivity index (χ4v) is 13.6. The third kappa shape index (κ3) is 19.1. The normalized spacial score (nSPS) is 14.8. The fraction of sp³-hybridized carbons (Fsp3) is 0.278. The highest BCUT2D eigenvalue weighted by atomic mass is 79.9. The van der Waals surface area contributed by atoms with Gasteiger partial charge in [-0.2, -0.15) is 0 Å². The highest BCUT2D eigenvalue weighted by molar-refractivity contribution is 9.11. The number of halogens is 1. The third-order valence-corrected chi connectivity index (χ3v) is 19.0. The van der Waals surface area contributed by atoms with Crippen LogP contribution in [0.5, 0.6) is 11.5 Å². The van der Waals surface area contributed by atoms with Crippen LogP contribution in [0, 0.1) is 13.8 Å². The number of nitrogens with zero attached hydrogens (tertiary/aromatic N) is 6. The van der Waals surface area contributed by atoms with E-state index in [1.54, 1.807) is 46.9 Å². The first-order chi connectivity index (χ1) is 46.7. The second-order valence-electron chi connectivity index (χ2n) is 22.9. The first-order valence-corrected chi connectivity index (χ1v) is 33.8.